The molecule has 5 rings (SSSR count). The Kier molecular flexibility index (Phi) is 6.59. The van der Waals surface area contributed by atoms with Gasteiger partial charge in [0.05, 0.1) is 16.8 Å². The summed E-state index contributed by atoms with van der Waals surface area (Å²) in [5.74, 6) is -0.0121. The molecule has 2 fully saturated rings. The van der Waals surface area contributed by atoms with Gasteiger partial charge >= 0.3 is 0 Å². The van der Waals surface area contributed by atoms with Gasteiger partial charge in [0.25, 0.3) is 0 Å². The molecule has 4 N–H and O–H groups in total. The molecular weight excluding hydrogens is 470 g/mol. The third-order valence-electron chi connectivity index (χ3n) is 7.36. The molecule has 4 heterocycles. The van der Waals surface area contributed by atoms with Crippen LogP contribution >= 0.6 is 0 Å². The van der Waals surface area contributed by atoms with Crippen molar-refractivity contribution in [3.05, 3.63) is 42.7 Å². The number of amides is 2. The van der Waals surface area contributed by atoms with Gasteiger partial charge in [0, 0.05) is 50.3 Å². The van der Waals surface area contributed by atoms with Crippen LogP contribution in [0.3, 0.4) is 0 Å². The number of nitrogen functional groups attached to an aromatic ring is 1. The molecule has 3 aromatic rings. The number of likely N-dealkylation sites (tertiary alicyclic amines) is 1. The van der Waals surface area contributed by atoms with Crippen molar-refractivity contribution in [2.45, 2.75) is 38.8 Å². The number of aliphatic hydroxyl groups excluding tert-OH is 1. The van der Waals surface area contributed by atoms with E-state index < -0.39 is 6.23 Å². The minimum Gasteiger partial charge on any atom is -0.383 e. The largest absolute Gasteiger partial charge is 0.383 e. The highest BCUT2D eigenvalue weighted by Crippen LogP contribution is 2.43. The molecule has 0 spiro atoms. The highest BCUT2D eigenvalue weighted by molar-refractivity contribution is 6.13. The summed E-state index contributed by atoms with van der Waals surface area (Å²) in [7, 11) is 1.89. The number of aliphatic hydroxyl groups is 1. The average Bonchev–Trinajstić information content (AvgIpc) is 3.52. The Morgan fingerprint density at radius 3 is 2.54 bits per heavy atom. The number of piperidine rings is 1. The van der Waals surface area contributed by atoms with Gasteiger partial charge in [0.2, 0.25) is 11.8 Å². The zero-order valence-corrected chi connectivity index (χ0v) is 21.3. The fourth-order valence-electron chi connectivity index (χ4n) is 5.33. The van der Waals surface area contributed by atoms with E-state index in [4.69, 9.17) is 5.73 Å². The van der Waals surface area contributed by atoms with E-state index in [1.165, 1.54) is 6.33 Å². The molecule has 194 valence electrons. The number of fused-ring (bicyclic) bond motifs is 1. The van der Waals surface area contributed by atoms with Crippen LogP contribution in [0, 0.1) is 5.92 Å². The predicted octanol–water partition coefficient (Wildman–Crippen LogP) is 2.89. The smallest absolute Gasteiger partial charge is 0.227 e. The lowest BCUT2D eigenvalue weighted by Crippen LogP contribution is -2.44. The molecule has 2 amide bonds. The van der Waals surface area contributed by atoms with Crippen LogP contribution in [0.25, 0.3) is 22.3 Å². The summed E-state index contributed by atoms with van der Waals surface area (Å²) in [6.45, 7) is 7.49. The molecular formula is C27H33N7O3. The van der Waals surface area contributed by atoms with Crippen molar-refractivity contribution in [1.82, 2.24) is 19.4 Å². The molecule has 0 bridgehead atoms. The molecule has 37 heavy (non-hydrogen) atoms. The fourth-order valence-corrected chi connectivity index (χ4v) is 5.33. The summed E-state index contributed by atoms with van der Waals surface area (Å²) in [5, 5.41) is 13.7. The van der Waals surface area contributed by atoms with Gasteiger partial charge in [-0.3, -0.25) is 9.59 Å². The van der Waals surface area contributed by atoms with Crippen molar-refractivity contribution in [2.75, 3.05) is 35.6 Å². The first kappa shape index (κ1) is 24.8. The highest BCUT2D eigenvalue weighted by atomic mass is 16.3. The summed E-state index contributed by atoms with van der Waals surface area (Å²) in [6, 6.07) is 7.56. The van der Waals surface area contributed by atoms with E-state index in [9.17, 15) is 14.7 Å². The quantitative estimate of drug-likeness (QED) is 0.348. The van der Waals surface area contributed by atoms with Crippen molar-refractivity contribution in [1.29, 1.82) is 0 Å². The van der Waals surface area contributed by atoms with Crippen LogP contribution in [0.15, 0.2) is 42.7 Å². The molecule has 2 aromatic heterocycles. The molecule has 10 heteroatoms. The van der Waals surface area contributed by atoms with Crippen molar-refractivity contribution in [3.8, 4) is 11.3 Å². The number of carbonyl (C=O) groups is 2. The second-order valence-corrected chi connectivity index (χ2v) is 9.95. The minimum absolute atomic E-state index is 0.0894. The maximum atomic E-state index is 13.5. The third kappa shape index (κ3) is 4.53. The summed E-state index contributed by atoms with van der Waals surface area (Å²) in [4.78, 5) is 38.8. The normalized spacial score (nSPS) is 18.9. The first-order valence-corrected chi connectivity index (χ1v) is 12.6. The number of anilines is 3. The number of nitrogens with zero attached hydrogens (tertiary/aromatic N) is 5. The SMILES string of the molecule is C=C(C)C(O)Nc1ccc(-c2c(N3CC[C@H](C(=O)N4CCCC4)CC3=O)c3c(N)ncnc3n2C)cc1. The first-order chi connectivity index (χ1) is 17.8. The Morgan fingerprint density at radius 1 is 1.19 bits per heavy atom. The van der Waals surface area contributed by atoms with Crippen LogP contribution in [0.2, 0.25) is 0 Å². The van der Waals surface area contributed by atoms with Gasteiger partial charge in [-0.25, -0.2) is 9.97 Å². The number of carbonyl (C=O) groups excluding carboxylic acids is 2. The molecule has 1 unspecified atom stereocenters. The van der Waals surface area contributed by atoms with E-state index in [0.717, 1.165) is 42.9 Å². The van der Waals surface area contributed by atoms with E-state index >= 15 is 0 Å². The summed E-state index contributed by atoms with van der Waals surface area (Å²) >= 11 is 0. The highest BCUT2D eigenvalue weighted by Gasteiger charge is 2.37. The van der Waals surface area contributed by atoms with Crippen LogP contribution in [0.1, 0.15) is 32.6 Å². The number of aryl methyl sites for hydroxylation is 1. The van der Waals surface area contributed by atoms with E-state index in [1.54, 1.807) is 11.8 Å². The lowest BCUT2D eigenvalue weighted by atomic mass is 9.93. The van der Waals surface area contributed by atoms with Crippen LogP contribution in [0.5, 0.6) is 0 Å². The van der Waals surface area contributed by atoms with Crippen molar-refractivity contribution in [2.24, 2.45) is 13.0 Å². The molecule has 0 saturated carbocycles. The summed E-state index contributed by atoms with van der Waals surface area (Å²) < 4.78 is 1.92. The van der Waals surface area contributed by atoms with Gasteiger partial charge in [-0.1, -0.05) is 18.7 Å². The molecule has 10 nitrogen and oxygen atoms in total. The fraction of sp³-hybridized carbons (Fsp3) is 0.407. The van der Waals surface area contributed by atoms with Gasteiger partial charge < -0.3 is 30.5 Å². The standard InChI is InChI=1S/C27H33N7O3/c1-16(2)26(36)31-19-8-6-17(7-9-19)22-23(21-24(28)29-15-30-25(21)32(22)3)34-13-10-18(14-20(34)35)27(37)33-11-4-5-12-33/h6-9,15,18,26,31,36H,1,4-5,10-14H2,2-3H3,(H2,28,29,30)/t18-,26?/m0/s1. The number of rotatable bonds is 6. The van der Waals surface area contributed by atoms with Gasteiger partial charge in [0.15, 0.2) is 0 Å². The van der Waals surface area contributed by atoms with Crippen LogP contribution in [0.4, 0.5) is 17.2 Å². The zero-order chi connectivity index (χ0) is 26.3. The Labute approximate surface area is 215 Å². The van der Waals surface area contributed by atoms with E-state index in [2.05, 4.69) is 21.9 Å². The second-order valence-electron chi connectivity index (χ2n) is 9.95. The molecule has 2 aliphatic rings. The minimum atomic E-state index is -0.851. The van der Waals surface area contributed by atoms with E-state index in [0.29, 0.717) is 41.1 Å². The lowest BCUT2D eigenvalue weighted by Gasteiger charge is -2.33. The number of aromatic nitrogens is 3. The number of nitrogens with one attached hydrogen (secondary N) is 1. The number of nitrogens with two attached hydrogens (primary N) is 1. The zero-order valence-electron chi connectivity index (χ0n) is 21.3. The molecule has 0 aliphatic carbocycles. The number of hydrogen-bond donors (Lipinski definition) is 3. The molecule has 0 radical (unpaired) electrons. The van der Waals surface area contributed by atoms with Gasteiger partial charge in [0.1, 0.15) is 24.0 Å². The van der Waals surface area contributed by atoms with Gasteiger partial charge in [-0.2, -0.15) is 0 Å². The lowest BCUT2D eigenvalue weighted by molar-refractivity contribution is -0.138. The van der Waals surface area contributed by atoms with Crippen LogP contribution in [-0.4, -0.2) is 62.2 Å². The molecule has 1 aromatic carbocycles. The third-order valence-corrected chi connectivity index (χ3v) is 7.36. The summed E-state index contributed by atoms with van der Waals surface area (Å²) in [6.07, 6.45) is 3.37. The van der Waals surface area contributed by atoms with E-state index in [1.807, 2.05) is 40.8 Å². The topological polar surface area (TPSA) is 130 Å². The molecule has 2 aliphatic heterocycles. The predicted molar refractivity (Wildman–Crippen MR) is 144 cm³/mol. The average molecular weight is 504 g/mol. The number of benzene rings is 1. The van der Waals surface area contributed by atoms with Crippen molar-refractivity contribution < 1.29 is 14.7 Å². The monoisotopic (exact) mass is 503 g/mol. The maximum Gasteiger partial charge on any atom is 0.227 e. The Balaban J connectivity index is 1.51. The molecule has 2 atom stereocenters. The van der Waals surface area contributed by atoms with Crippen molar-refractivity contribution in [3.63, 3.8) is 0 Å². The van der Waals surface area contributed by atoms with Gasteiger partial charge in [-0.15, -0.1) is 0 Å². The van der Waals surface area contributed by atoms with Crippen LogP contribution < -0.4 is 16.0 Å². The second kappa shape index (κ2) is 9.85. The Bertz CT molecular complexity index is 1360. The number of hydrogen-bond acceptors (Lipinski definition) is 7. The van der Waals surface area contributed by atoms with Gasteiger partial charge in [-0.05, 0) is 43.9 Å². The van der Waals surface area contributed by atoms with Crippen molar-refractivity contribution >= 4 is 40.0 Å². The van der Waals surface area contributed by atoms with Crippen LogP contribution in [-0.2, 0) is 16.6 Å². The summed E-state index contributed by atoms with van der Waals surface area (Å²) in [5.41, 5.74) is 10.6. The first-order valence-electron chi connectivity index (χ1n) is 12.6. The Hall–Kier alpha value is -3.92. The molecule has 2 saturated heterocycles. The van der Waals surface area contributed by atoms with E-state index in [-0.39, 0.29) is 24.2 Å². The Morgan fingerprint density at radius 2 is 1.89 bits per heavy atom. The maximum absolute atomic E-state index is 13.5.